The van der Waals surface area contributed by atoms with Crippen LogP contribution in [0.2, 0.25) is 0 Å². The highest BCUT2D eigenvalue weighted by atomic mass is 16.1. The predicted octanol–water partition coefficient (Wildman–Crippen LogP) is 1.74. The number of nitrogens with two attached hydrogens (primary N) is 1. The number of carbonyl (C=O) groups is 1. The molecule has 1 aliphatic rings. The number of rotatable bonds is 3. The van der Waals surface area contributed by atoms with E-state index >= 15 is 0 Å². The van der Waals surface area contributed by atoms with Gasteiger partial charge in [0.15, 0.2) is 0 Å². The van der Waals surface area contributed by atoms with Gasteiger partial charge in [-0.2, -0.15) is 5.26 Å². The molecule has 2 N–H and O–H groups in total. The average Bonchev–Trinajstić information content (AvgIpc) is 3.02. The molecule has 2 rings (SSSR count). The molecule has 0 heterocycles. The molecule has 15 heavy (non-hydrogen) atoms. The van der Waals surface area contributed by atoms with Crippen LogP contribution in [0.4, 0.5) is 0 Å². The Kier molecular flexibility index (Phi) is 2.42. The molecule has 3 heteroatoms. The first-order valence-corrected chi connectivity index (χ1v) is 4.89. The summed E-state index contributed by atoms with van der Waals surface area (Å²) < 4.78 is 0. The Morgan fingerprint density at radius 3 is 2.80 bits per heavy atom. The van der Waals surface area contributed by atoms with Crippen LogP contribution in [-0.4, -0.2) is 5.91 Å². The Labute approximate surface area is 88.5 Å². The van der Waals surface area contributed by atoms with Crippen molar-refractivity contribution in [3.05, 3.63) is 41.3 Å². The number of hydrogen-bond donors (Lipinski definition) is 1. The fraction of sp³-hybridized carbons (Fsp3) is 0.250. The molecule has 0 bridgehead atoms. The van der Waals surface area contributed by atoms with Gasteiger partial charge in [0.25, 0.3) is 0 Å². The maximum Gasteiger partial charge on any atom is 0.249 e. The molecule has 0 aromatic heterocycles. The molecule has 1 aliphatic carbocycles. The molecule has 0 saturated heterocycles. The minimum atomic E-state index is -0.473. The third kappa shape index (κ3) is 1.99. The van der Waals surface area contributed by atoms with Crippen molar-refractivity contribution in [3.63, 3.8) is 0 Å². The smallest absolute Gasteiger partial charge is 0.249 e. The molecule has 3 nitrogen and oxygen atoms in total. The van der Waals surface area contributed by atoms with Gasteiger partial charge < -0.3 is 5.73 Å². The number of amides is 1. The van der Waals surface area contributed by atoms with Crippen LogP contribution in [0.5, 0.6) is 0 Å². The highest BCUT2D eigenvalue weighted by molar-refractivity contribution is 5.95. The van der Waals surface area contributed by atoms with Crippen molar-refractivity contribution in [1.29, 1.82) is 5.26 Å². The monoisotopic (exact) mass is 199 g/mol. The first-order chi connectivity index (χ1) is 7.22. The Morgan fingerprint density at radius 1 is 1.53 bits per heavy atom. The summed E-state index contributed by atoms with van der Waals surface area (Å²) in [5, 5.41) is 8.56. The van der Waals surface area contributed by atoms with Crippen LogP contribution < -0.4 is 5.73 Å². The van der Waals surface area contributed by atoms with E-state index in [0.29, 0.717) is 17.0 Å². The molecule has 1 amide bonds. The second-order valence-corrected chi connectivity index (χ2v) is 3.76. The van der Waals surface area contributed by atoms with E-state index in [4.69, 9.17) is 11.0 Å². The summed E-state index contributed by atoms with van der Waals surface area (Å²) in [7, 11) is 0. The third-order valence-corrected chi connectivity index (χ3v) is 2.61. The Morgan fingerprint density at radius 2 is 2.27 bits per heavy atom. The van der Waals surface area contributed by atoms with Crippen LogP contribution in [0, 0.1) is 17.8 Å². The van der Waals surface area contributed by atoms with Crippen molar-refractivity contribution >= 4 is 5.91 Å². The lowest BCUT2D eigenvalue weighted by Gasteiger charge is -2.05. The highest BCUT2D eigenvalue weighted by Crippen LogP contribution is 2.40. The molecule has 1 radical (unpaired) electrons. The van der Waals surface area contributed by atoms with Crippen molar-refractivity contribution in [2.45, 2.75) is 18.8 Å². The summed E-state index contributed by atoms with van der Waals surface area (Å²) in [6.45, 7) is 0. The molecule has 0 atom stereocenters. The van der Waals surface area contributed by atoms with E-state index in [1.807, 2.05) is 18.2 Å². The lowest BCUT2D eigenvalue weighted by molar-refractivity contribution is 0.1000. The second-order valence-electron chi connectivity index (χ2n) is 3.76. The number of benzene rings is 1. The minimum Gasteiger partial charge on any atom is -0.366 e. The van der Waals surface area contributed by atoms with Crippen molar-refractivity contribution in [3.8, 4) is 6.07 Å². The van der Waals surface area contributed by atoms with Gasteiger partial charge in [0.05, 0.1) is 12.5 Å². The molecule has 1 aromatic carbocycles. The van der Waals surface area contributed by atoms with E-state index < -0.39 is 5.91 Å². The summed E-state index contributed by atoms with van der Waals surface area (Å²) in [4.78, 5) is 11.2. The normalized spacial score (nSPS) is 14.6. The fourth-order valence-corrected chi connectivity index (χ4v) is 1.65. The van der Waals surface area contributed by atoms with Crippen LogP contribution in [0.25, 0.3) is 0 Å². The van der Waals surface area contributed by atoms with Crippen molar-refractivity contribution in [2.75, 3.05) is 0 Å². The van der Waals surface area contributed by atoms with Gasteiger partial charge in [0, 0.05) is 5.56 Å². The lowest BCUT2D eigenvalue weighted by Crippen LogP contribution is -2.13. The number of hydrogen-bond acceptors (Lipinski definition) is 2. The lowest BCUT2D eigenvalue weighted by atomic mass is 9.99. The van der Waals surface area contributed by atoms with Crippen LogP contribution in [0.15, 0.2) is 18.2 Å². The third-order valence-electron chi connectivity index (χ3n) is 2.61. The van der Waals surface area contributed by atoms with Crippen molar-refractivity contribution < 1.29 is 4.79 Å². The number of nitrogens with zero attached hydrogens (tertiary/aromatic N) is 1. The molecule has 75 valence electrons. The Bertz CT molecular complexity index is 441. The SMILES string of the molecule is N#C[CH]c1ccc(C2CC2)cc1C(N)=O. The fourth-order valence-electron chi connectivity index (χ4n) is 1.65. The first-order valence-electron chi connectivity index (χ1n) is 4.89. The van der Waals surface area contributed by atoms with Crippen LogP contribution in [0.1, 0.15) is 40.2 Å². The summed E-state index contributed by atoms with van der Waals surface area (Å²) in [6.07, 6.45) is 3.70. The van der Waals surface area contributed by atoms with Gasteiger partial charge in [-0.3, -0.25) is 4.79 Å². The van der Waals surface area contributed by atoms with Gasteiger partial charge in [0.2, 0.25) is 5.91 Å². The Hall–Kier alpha value is -1.82. The highest BCUT2D eigenvalue weighted by Gasteiger charge is 2.24. The van der Waals surface area contributed by atoms with E-state index in [2.05, 4.69) is 0 Å². The summed E-state index contributed by atoms with van der Waals surface area (Å²) in [5.41, 5.74) is 7.47. The van der Waals surface area contributed by atoms with Crippen LogP contribution >= 0.6 is 0 Å². The van der Waals surface area contributed by atoms with Gasteiger partial charge in [-0.25, -0.2) is 0 Å². The quantitative estimate of drug-likeness (QED) is 0.805. The number of primary amides is 1. The molecule has 0 aliphatic heterocycles. The molecule has 1 saturated carbocycles. The summed E-state index contributed by atoms with van der Waals surface area (Å²) >= 11 is 0. The van der Waals surface area contributed by atoms with E-state index in [0.717, 1.165) is 5.56 Å². The van der Waals surface area contributed by atoms with Crippen LogP contribution in [0.3, 0.4) is 0 Å². The van der Waals surface area contributed by atoms with Gasteiger partial charge in [-0.15, -0.1) is 0 Å². The molecule has 1 fully saturated rings. The minimum absolute atomic E-state index is 0.445. The molecule has 0 spiro atoms. The van der Waals surface area contributed by atoms with E-state index in [1.54, 1.807) is 6.07 Å². The maximum absolute atomic E-state index is 11.2. The first kappa shape index (κ1) is 9.72. The van der Waals surface area contributed by atoms with Crippen molar-refractivity contribution in [2.24, 2.45) is 5.73 Å². The predicted molar refractivity (Wildman–Crippen MR) is 55.9 cm³/mol. The largest absolute Gasteiger partial charge is 0.366 e. The zero-order valence-corrected chi connectivity index (χ0v) is 8.23. The van der Waals surface area contributed by atoms with Crippen LogP contribution in [-0.2, 0) is 0 Å². The molecular weight excluding hydrogens is 188 g/mol. The molecule has 0 unspecified atom stereocenters. The van der Waals surface area contributed by atoms with Gasteiger partial charge in [-0.1, -0.05) is 12.1 Å². The molecular formula is C12H11N2O. The summed E-state index contributed by atoms with van der Waals surface area (Å²) in [5.74, 6) is 0.109. The topological polar surface area (TPSA) is 66.9 Å². The second kappa shape index (κ2) is 3.74. The standard InChI is InChI=1S/C12H11N2O/c13-6-5-9-3-4-10(8-1-2-8)7-11(9)12(14)15/h3-5,7-8H,1-2H2,(H2,14,15). The summed E-state index contributed by atoms with van der Waals surface area (Å²) in [6, 6.07) is 7.47. The van der Waals surface area contributed by atoms with Gasteiger partial charge >= 0.3 is 0 Å². The van der Waals surface area contributed by atoms with E-state index in [-0.39, 0.29) is 0 Å². The maximum atomic E-state index is 11.2. The van der Waals surface area contributed by atoms with Gasteiger partial charge in [0.1, 0.15) is 0 Å². The average molecular weight is 199 g/mol. The van der Waals surface area contributed by atoms with Crippen molar-refractivity contribution in [1.82, 2.24) is 0 Å². The zero-order valence-electron chi connectivity index (χ0n) is 8.23. The van der Waals surface area contributed by atoms with E-state index in [1.165, 1.54) is 19.3 Å². The van der Waals surface area contributed by atoms with Gasteiger partial charge in [-0.05, 0) is 36.0 Å². The zero-order chi connectivity index (χ0) is 10.8. The number of carbonyl (C=O) groups excluding carboxylic acids is 1. The number of nitriles is 1. The Balaban J connectivity index is 2.39. The van der Waals surface area contributed by atoms with E-state index in [9.17, 15) is 4.79 Å². The molecule has 1 aromatic rings.